The Labute approximate surface area is 117 Å². The second kappa shape index (κ2) is 4.76. The van der Waals surface area contributed by atoms with Gasteiger partial charge in [0.2, 0.25) is 0 Å². The van der Waals surface area contributed by atoms with E-state index in [2.05, 4.69) is 10.2 Å². The summed E-state index contributed by atoms with van der Waals surface area (Å²) in [5, 5.41) is 13.5. The van der Waals surface area contributed by atoms with E-state index in [9.17, 15) is 5.11 Å². The number of aliphatic hydroxyl groups excluding tert-OH is 1. The molecule has 0 amide bonds. The number of benzene rings is 1. The highest BCUT2D eigenvalue weighted by Crippen LogP contribution is 2.33. The first-order valence-electron chi connectivity index (χ1n) is 6.19. The average Bonchev–Trinajstić information content (AvgIpc) is 2.79. The minimum Gasteiger partial charge on any atom is -0.392 e. The number of halogens is 1. The van der Waals surface area contributed by atoms with Gasteiger partial charge in [-0.2, -0.15) is 0 Å². The van der Waals surface area contributed by atoms with Gasteiger partial charge in [0.1, 0.15) is 6.17 Å². The maximum absolute atomic E-state index is 9.41. The molecule has 4 heteroatoms. The molecule has 2 aliphatic rings. The Morgan fingerprint density at radius 2 is 2.26 bits per heavy atom. The number of nitrogens with zero attached hydrogens (tertiary/aromatic N) is 1. The molecule has 0 radical (unpaired) electrons. The molecule has 98 valence electrons. The molecule has 0 saturated heterocycles. The fraction of sp³-hybridized carbons (Fsp3) is 0.200. The quantitative estimate of drug-likeness (QED) is 0.870. The largest absolute Gasteiger partial charge is 0.392 e. The lowest BCUT2D eigenvalue weighted by Gasteiger charge is -2.31. The minimum absolute atomic E-state index is 0.0283. The molecule has 0 aliphatic carbocycles. The van der Waals surface area contributed by atoms with Crippen LogP contribution in [0.25, 0.3) is 5.57 Å². The molecule has 2 aliphatic heterocycles. The SMILES string of the molecule is CC1=CNC2C(c3cccc(Cl)c3)=CC(CO)=CN12. The first kappa shape index (κ1) is 12.3. The fourth-order valence-corrected chi connectivity index (χ4v) is 2.65. The maximum Gasteiger partial charge on any atom is 0.129 e. The van der Waals surface area contributed by atoms with Gasteiger partial charge < -0.3 is 15.3 Å². The van der Waals surface area contributed by atoms with Gasteiger partial charge in [-0.05, 0) is 36.3 Å². The number of fused-ring (bicyclic) bond motifs is 1. The highest BCUT2D eigenvalue weighted by molar-refractivity contribution is 6.30. The van der Waals surface area contributed by atoms with Crippen molar-refractivity contribution in [1.29, 1.82) is 0 Å². The van der Waals surface area contributed by atoms with E-state index in [1.165, 1.54) is 0 Å². The van der Waals surface area contributed by atoms with Crippen molar-refractivity contribution in [2.24, 2.45) is 0 Å². The van der Waals surface area contributed by atoms with Crippen molar-refractivity contribution in [3.63, 3.8) is 0 Å². The Balaban J connectivity index is 2.05. The van der Waals surface area contributed by atoms with Gasteiger partial charge in [-0.25, -0.2) is 0 Å². The zero-order valence-corrected chi connectivity index (χ0v) is 11.4. The molecule has 0 saturated carbocycles. The molecule has 3 nitrogen and oxygen atoms in total. The van der Waals surface area contributed by atoms with Crippen molar-refractivity contribution in [1.82, 2.24) is 10.2 Å². The van der Waals surface area contributed by atoms with E-state index in [-0.39, 0.29) is 12.8 Å². The first-order valence-corrected chi connectivity index (χ1v) is 6.57. The number of aliphatic hydroxyl groups is 1. The molecule has 0 bridgehead atoms. The number of rotatable bonds is 2. The molecule has 1 aromatic rings. The van der Waals surface area contributed by atoms with Gasteiger partial charge in [-0.1, -0.05) is 23.7 Å². The highest BCUT2D eigenvalue weighted by atomic mass is 35.5. The van der Waals surface area contributed by atoms with Crippen molar-refractivity contribution in [3.8, 4) is 0 Å². The van der Waals surface area contributed by atoms with E-state index in [4.69, 9.17) is 11.6 Å². The van der Waals surface area contributed by atoms with Gasteiger partial charge in [0.15, 0.2) is 0 Å². The first-order chi connectivity index (χ1) is 9.19. The molecule has 0 aromatic heterocycles. The zero-order valence-electron chi connectivity index (χ0n) is 10.6. The standard InChI is InChI=1S/C15H15ClN2O/c1-10-7-17-15-14(5-11(9-19)8-18(10)15)12-3-2-4-13(16)6-12/h2-8,15,17,19H,9H2,1H3. The molecule has 3 rings (SSSR count). The van der Waals surface area contributed by atoms with Crippen molar-refractivity contribution in [3.05, 3.63) is 64.6 Å². The average molecular weight is 275 g/mol. The molecule has 2 heterocycles. The van der Waals surface area contributed by atoms with Gasteiger partial charge in [0.05, 0.1) is 6.61 Å². The van der Waals surface area contributed by atoms with Crippen LogP contribution in [-0.2, 0) is 0 Å². The van der Waals surface area contributed by atoms with Gasteiger partial charge in [-0.15, -0.1) is 0 Å². The summed E-state index contributed by atoms with van der Waals surface area (Å²) >= 11 is 6.07. The van der Waals surface area contributed by atoms with Crippen molar-refractivity contribution < 1.29 is 5.11 Å². The molecule has 1 unspecified atom stereocenters. The summed E-state index contributed by atoms with van der Waals surface area (Å²) in [5.41, 5.74) is 4.20. The highest BCUT2D eigenvalue weighted by Gasteiger charge is 2.29. The second-order valence-electron chi connectivity index (χ2n) is 4.73. The molecular weight excluding hydrogens is 260 g/mol. The summed E-state index contributed by atoms with van der Waals surface area (Å²) in [7, 11) is 0. The summed E-state index contributed by atoms with van der Waals surface area (Å²) < 4.78 is 0. The smallest absolute Gasteiger partial charge is 0.129 e. The van der Waals surface area contributed by atoms with Gasteiger partial charge >= 0.3 is 0 Å². The summed E-state index contributed by atoms with van der Waals surface area (Å²) in [6.45, 7) is 2.07. The molecule has 2 N–H and O–H groups in total. The second-order valence-corrected chi connectivity index (χ2v) is 5.17. The van der Waals surface area contributed by atoms with Crippen LogP contribution >= 0.6 is 11.6 Å². The lowest BCUT2D eigenvalue weighted by atomic mass is 9.97. The van der Waals surface area contributed by atoms with Crippen LogP contribution in [0.1, 0.15) is 12.5 Å². The molecule has 19 heavy (non-hydrogen) atoms. The van der Waals surface area contributed by atoms with E-state index in [0.29, 0.717) is 5.02 Å². The Bertz CT molecular complexity index is 604. The van der Waals surface area contributed by atoms with Crippen LogP contribution in [0.15, 0.2) is 54.0 Å². The van der Waals surface area contributed by atoms with Crippen LogP contribution < -0.4 is 5.32 Å². The fourth-order valence-electron chi connectivity index (χ4n) is 2.46. The van der Waals surface area contributed by atoms with E-state index in [0.717, 1.165) is 22.4 Å². The van der Waals surface area contributed by atoms with Crippen molar-refractivity contribution in [2.75, 3.05) is 6.61 Å². The summed E-state index contributed by atoms with van der Waals surface area (Å²) in [6.07, 6.45) is 6.06. The van der Waals surface area contributed by atoms with E-state index >= 15 is 0 Å². The number of hydrogen-bond acceptors (Lipinski definition) is 3. The summed E-state index contributed by atoms with van der Waals surface area (Å²) in [4.78, 5) is 2.13. The summed E-state index contributed by atoms with van der Waals surface area (Å²) in [6, 6.07) is 7.78. The predicted octanol–water partition coefficient (Wildman–Crippen LogP) is 2.71. The van der Waals surface area contributed by atoms with Crippen molar-refractivity contribution >= 4 is 17.2 Å². The topological polar surface area (TPSA) is 35.5 Å². The van der Waals surface area contributed by atoms with Gasteiger partial charge in [0, 0.05) is 28.7 Å². The lowest BCUT2D eigenvalue weighted by molar-refractivity contribution is 0.325. The minimum atomic E-state index is 0.0283. The molecular formula is C15H15ClN2O. The van der Waals surface area contributed by atoms with Crippen LogP contribution in [-0.4, -0.2) is 22.8 Å². The Hall–Kier alpha value is -1.71. The maximum atomic E-state index is 9.41. The Morgan fingerprint density at radius 3 is 3.00 bits per heavy atom. The van der Waals surface area contributed by atoms with Crippen LogP contribution in [0.3, 0.4) is 0 Å². The number of nitrogens with one attached hydrogen (secondary N) is 1. The molecule has 0 fully saturated rings. The van der Waals surface area contributed by atoms with Crippen LogP contribution in [0.5, 0.6) is 0 Å². The lowest BCUT2D eigenvalue weighted by Crippen LogP contribution is -2.36. The monoisotopic (exact) mass is 274 g/mol. The molecule has 0 spiro atoms. The summed E-state index contributed by atoms with van der Waals surface area (Å²) in [5.74, 6) is 0. The van der Waals surface area contributed by atoms with Crippen LogP contribution in [0, 0.1) is 0 Å². The number of hydrogen-bond donors (Lipinski definition) is 2. The molecule has 1 aromatic carbocycles. The third kappa shape index (κ3) is 2.15. The van der Waals surface area contributed by atoms with Crippen LogP contribution in [0.2, 0.25) is 5.02 Å². The normalized spacial score (nSPS) is 21.3. The number of allylic oxidation sites excluding steroid dienone is 1. The Kier molecular flexibility index (Phi) is 3.09. The predicted molar refractivity (Wildman–Crippen MR) is 77.1 cm³/mol. The third-order valence-electron chi connectivity index (χ3n) is 3.42. The third-order valence-corrected chi connectivity index (χ3v) is 3.65. The van der Waals surface area contributed by atoms with Gasteiger partial charge in [0.25, 0.3) is 0 Å². The van der Waals surface area contributed by atoms with E-state index in [1.54, 1.807) is 0 Å². The van der Waals surface area contributed by atoms with Crippen LogP contribution in [0.4, 0.5) is 0 Å². The molecule has 1 atom stereocenters. The van der Waals surface area contributed by atoms with Crippen molar-refractivity contribution in [2.45, 2.75) is 13.1 Å². The van der Waals surface area contributed by atoms with Gasteiger partial charge in [-0.3, -0.25) is 0 Å². The van der Waals surface area contributed by atoms with E-state index < -0.39 is 0 Å². The zero-order chi connectivity index (χ0) is 13.4. The Morgan fingerprint density at radius 1 is 1.42 bits per heavy atom. The van der Waals surface area contributed by atoms with E-state index in [1.807, 2.05) is 49.7 Å².